The number of nitrogens with one attached hydrogen (secondary N) is 1. The first-order valence-electron chi connectivity index (χ1n) is 7.60. The van der Waals surface area contributed by atoms with Crippen LogP contribution in [0.2, 0.25) is 0 Å². The van der Waals surface area contributed by atoms with Gasteiger partial charge in [-0.2, -0.15) is 0 Å². The third-order valence-corrected chi connectivity index (χ3v) is 4.38. The van der Waals surface area contributed by atoms with Crippen molar-refractivity contribution in [2.24, 2.45) is 5.92 Å². The van der Waals surface area contributed by atoms with Crippen molar-refractivity contribution < 1.29 is 9.84 Å². The molecule has 108 valence electrons. The quantitative estimate of drug-likeness (QED) is 0.904. The number of ether oxygens (including phenoxy) is 1. The molecule has 1 unspecified atom stereocenters. The molecule has 0 spiro atoms. The summed E-state index contributed by atoms with van der Waals surface area (Å²) in [5.41, 5.74) is 2.28. The molecule has 2 aromatic carbocycles. The summed E-state index contributed by atoms with van der Waals surface area (Å²) in [4.78, 5) is 0. The van der Waals surface area contributed by atoms with E-state index >= 15 is 0 Å². The van der Waals surface area contributed by atoms with Gasteiger partial charge in [-0.3, -0.25) is 0 Å². The Morgan fingerprint density at radius 1 is 1.00 bits per heavy atom. The second-order valence-corrected chi connectivity index (χ2v) is 5.92. The van der Waals surface area contributed by atoms with Crippen molar-refractivity contribution in [3.63, 3.8) is 0 Å². The Balaban J connectivity index is 1.64. The molecular formula is C18H19NO2. The van der Waals surface area contributed by atoms with Crippen LogP contribution in [0.5, 0.6) is 11.5 Å². The first kappa shape index (κ1) is 12.9. The Morgan fingerprint density at radius 2 is 1.57 bits per heavy atom. The highest BCUT2D eigenvalue weighted by Crippen LogP contribution is 2.42. The molecular weight excluding hydrogens is 262 g/mol. The van der Waals surface area contributed by atoms with Crippen LogP contribution in [0.4, 0.5) is 0 Å². The van der Waals surface area contributed by atoms with Crippen LogP contribution < -0.4 is 10.1 Å². The van der Waals surface area contributed by atoms with E-state index in [0.29, 0.717) is 12.5 Å². The van der Waals surface area contributed by atoms with Gasteiger partial charge in [0.05, 0.1) is 12.1 Å². The van der Waals surface area contributed by atoms with Crippen LogP contribution >= 0.6 is 0 Å². The maximum atomic E-state index is 10.1. The lowest BCUT2D eigenvalue weighted by atomic mass is 9.94. The normalized spacial score (nSPS) is 18.5. The van der Waals surface area contributed by atoms with Gasteiger partial charge in [0.2, 0.25) is 0 Å². The maximum absolute atomic E-state index is 10.1. The molecule has 0 amide bonds. The van der Waals surface area contributed by atoms with Crippen molar-refractivity contribution in [2.45, 2.75) is 25.0 Å². The molecule has 3 heteroatoms. The molecule has 3 nitrogen and oxygen atoms in total. The van der Waals surface area contributed by atoms with Crippen LogP contribution in [0.3, 0.4) is 0 Å². The highest BCUT2D eigenvalue weighted by molar-refractivity contribution is 5.52. The summed E-state index contributed by atoms with van der Waals surface area (Å²) < 4.78 is 5.97. The summed E-state index contributed by atoms with van der Waals surface area (Å²) in [6, 6.07) is 16.3. The van der Waals surface area contributed by atoms with Crippen LogP contribution in [0.25, 0.3) is 0 Å². The van der Waals surface area contributed by atoms with Gasteiger partial charge in [0.25, 0.3) is 0 Å². The van der Waals surface area contributed by atoms with Crippen LogP contribution in [0, 0.1) is 5.92 Å². The molecule has 21 heavy (non-hydrogen) atoms. The minimum atomic E-state index is -0.243. The predicted octanol–water partition coefficient (Wildman–Crippen LogP) is 3.24. The molecule has 1 aliphatic heterocycles. The van der Waals surface area contributed by atoms with Gasteiger partial charge in [0, 0.05) is 17.7 Å². The van der Waals surface area contributed by atoms with Crippen molar-refractivity contribution in [1.82, 2.24) is 5.32 Å². The fourth-order valence-electron chi connectivity index (χ4n) is 3.02. The number of hydrogen-bond donors (Lipinski definition) is 2. The molecule has 2 aromatic rings. The summed E-state index contributed by atoms with van der Waals surface area (Å²) in [6.45, 7) is 0.623. The smallest absolute Gasteiger partial charge is 0.132 e. The van der Waals surface area contributed by atoms with Crippen molar-refractivity contribution in [3.8, 4) is 11.5 Å². The van der Waals surface area contributed by atoms with Crippen molar-refractivity contribution in [1.29, 1.82) is 0 Å². The number of fused-ring (bicyclic) bond motifs is 2. The number of aliphatic hydroxyl groups is 1. The molecule has 1 atom stereocenters. The molecule has 0 radical (unpaired) electrons. The van der Waals surface area contributed by atoms with Gasteiger partial charge in [-0.15, -0.1) is 0 Å². The number of para-hydroxylation sites is 2. The fraction of sp³-hybridized carbons (Fsp3) is 0.333. The van der Waals surface area contributed by atoms with Crippen LogP contribution in [-0.2, 0) is 0 Å². The lowest BCUT2D eigenvalue weighted by Gasteiger charge is -2.29. The minimum absolute atomic E-state index is 0.0829. The monoisotopic (exact) mass is 281 g/mol. The molecule has 0 aromatic heterocycles. The molecule has 1 heterocycles. The van der Waals surface area contributed by atoms with E-state index < -0.39 is 0 Å². The summed E-state index contributed by atoms with van der Waals surface area (Å²) >= 11 is 0. The van der Waals surface area contributed by atoms with Gasteiger partial charge in [-0.25, -0.2) is 0 Å². The van der Waals surface area contributed by atoms with Crippen molar-refractivity contribution in [2.75, 3.05) is 6.54 Å². The molecule has 1 saturated carbocycles. The molecule has 2 N–H and O–H groups in total. The summed E-state index contributed by atoms with van der Waals surface area (Å²) in [6.07, 6.45) is 2.07. The molecule has 1 fully saturated rings. The summed E-state index contributed by atoms with van der Waals surface area (Å²) in [5.74, 6) is 2.28. The van der Waals surface area contributed by atoms with Gasteiger partial charge >= 0.3 is 0 Å². The third kappa shape index (κ3) is 2.43. The highest BCUT2D eigenvalue weighted by Gasteiger charge is 2.32. The zero-order valence-electron chi connectivity index (χ0n) is 11.8. The number of rotatable bonds is 4. The summed E-state index contributed by atoms with van der Waals surface area (Å²) in [5, 5.41) is 13.6. The van der Waals surface area contributed by atoms with E-state index in [1.54, 1.807) is 0 Å². The van der Waals surface area contributed by atoms with E-state index in [2.05, 4.69) is 17.4 Å². The number of hydrogen-bond acceptors (Lipinski definition) is 3. The van der Waals surface area contributed by atoms with E-state index in [0.717, 1.165) is 35.5 Å². The molecule has 0 bridgehead atoms. The summed E-state index contributed by atoms with van der Waals surface area (Å²) in [7, 11) is 0. The highest BCUT2D eigenvalue weighted by atomic mass is 16.5. The Kier molecular flexibility index (Phi) is 3.17. The van der Waals surface area contributed by atoms with E-state index in [4.69, 9.17) is 4.74 Å². The van der Waals surface area contributed by atoms with Crippen LogP contribution in [0.1, 0.15) is 30.0 Å². The second-order valence-electron chi connectivity index (χ2n) is 5.92. The molecule has 2 aliphatic rings. The molecule has 0 saturated heterocycles. The van der Waals surface area contributed by atoms with Crippen molar-refractivity contribution >= 4 is 0 Å². The van der Waals surface area contributed by atoms with Crippen LogP contribution in [-0.4, -0.2) is 17.8 Å². The number of benzene rings is 2. The Hall–Kier alpha value is -1.84. The SMILES string of the molecule is OC(CNC1c2ccccc2Oc2ccccc21)C1CC1. The third-order valence-electron chi connectivity index (χ3n) is 4.38. The Morgan fingerprint density at radius 3 is 2.14 bits per heavy atom. The van der Waals surface area contributed by atoms with Crippen LogP contribution in [0.15, 0.2) is 48.5 Å². The van der Waals surface area contributed by atoms with Crippen molar-refractivity contribution in [3.05, 3.63) is 59.7 Å². The lowest BCUT2D eigenvalue weighted by Crippen LogP contribution is -2.33. The van der Waals surface area contributed by atoms with E-state index in [1.165, 1.54) is 0 Å². The second kappa shape index (κ2) is 5.17. The van der Waals surface area contributed by atoms with Gasteiger partial charge in [-0.1, -0.05) is 36.4 Å². The van der Waals surface area contributed by atoms with Gasteiger partial charge in [0.15, 0.2) is 0 Å². The van der Waals surface area contributed by atoms with E-state index in [1.807, 2.05) is 36.4 Å². The average Bonchev–Trinajstić information content (AvgIpc) is 3.36. The van der Waals surface area contributed by atoms with Gasteiger partial charge in [0.1, 0.15) is 11.5 Å². The van der Waals surface area contributed by atoms with E-state index in [-0.39, 0.29) is 12.1 Å². The van der Waals surface area contributed by atoms with Gasteiger partial charge in [-0.05, 0) is 30.9 Å². The predicted molar refractivity (Wildman–Crippen MR) is 81.5 cm³/mol. The lowest BCUT2D eigenvalue weighted by molar-refractivity contribution is 0.146. The molecule has 1 aliphatic carbocycles. The van der Waals surface area contributed by atoms with Gasteiger partial charge < -0.3 is 15.2 Å². The largest absolute Gasteiger partial charge is 0.457 e. The first-order valence-corrected chi connectivity index (χ1v) is 7.60. The zero-order valence-corrected chi connectivity index (χ0v) is 11.8. The Labute approximate surface area is 124 Å². The first-order chi connectivity index (χ1) is 10.3. The molecule has 4 rings (SSSR count). The minimum Gasteiger partial charge on any atom is -0.457 e. The standard InChI is InChI=1S/C18H19NO2/c20-15(12-9-10-12)11-19-18-13-5-1-3-7-16(13)21-17-8-4-2-6-14(17)18/h1-8,12,15,18-20H,9-11H2. The Bertz CT molecular complexity index is 606. The van der Waals surface area contributed by atoms with E-state index in [9.17, 15) is 5.11 Å². The zero-order chi connectivity index (χ0) is 14.2. The average molecular weight is 281 g/mol. The fourth-order valence-corrected chi connectivity index (χ4v) is 3.02. The topological polar surface area (TPSA) is 41.5 Å². The number of aliphatic hydroxyl groups excluding tert-OH is 1. The maximum Gasteiger partial charge on any atom is 0.132 e.